The summed E-state index contributed by atoms with van der Waals surface area (Å²) in [6.45, 7) is 0.848. The van der Waals surface area contributed by atoms with Crippen LogP contribution in [0.1, 0.15) is 12.8 Å². The van der Waals surface area contributed by atoms with Crippen LogP contribution in [0.2, 0.25) is 10.0 Å². The number of ether oxygens (including phenoxy) is 1. The summed E-state index contributed by atoms with van der Waals surface area (Å²) in [5.74, 6) is 0.483. The molecule has 0 radical (unpaired) electrons. The van der Waals surface area contributed by atoms with E-state index in [0.717, 1.165) is 0 Å². The van der Waals surface area contributed by atoms with Crippen molar-refractivity contribution in [3.05, 3.63) is 28.2 Å². The molecule has 1 aromatic carbocycles. The number of piperidine rings is 1. The van der Waals surface area contributed by atoms with Gasteiger partial charge in [-0.3, -0.25) is 9.59 Å². The smallest absolute Gasteiger partial charge is 0.260 e. The maximum absolute atomic E-state index is 11.9. The molecule has 0 aliphatic carbocycles. The van der Waals surface area contributed by atoms with E-state index in [-0.39, 0.29) is 18.3 Å². The first-order valence-corrected chi connectivity index (χ1v) is 6.69. The molecule has 0 spiro atoms. The van der Waals surface area contributed by atoms with Crippen LogP contribution < -0.4 is 4.74 Å². The highest BCUT2D eigenvalue weighted by Gasteiger charge is 2.21. The third-order valence-corrected chi connectivity index (χ3v) is 3.45. The number of Topliss-reactive ketones (excluding diaryl/α,β-unsaturated/α-hetero) is 1. The van der Waals surface area contributed by atoms with Crippen molar-refractivity contribution in [1.29, 1.82) is 0 Å². The van der Waals surface area contributed by atoms with Crippen LogP contribution in [-0.4, -0.2) is 36.3 Å². The lowest BCUT2D eigenvalue weighted by Gasteiger charge is -2.26. The van der Waals surface area contributed by atoms with Gasteiger partial charge in [0.15, 0.2) is 6.61 Å². The minimum Gasteiger partial charge on any atom is -0.482 e. The first kappa shape index (κ1) is 14.2. The summed E-state index contributed by atoms with van der Waals surface area (Å²) in [6, 6.07) is 4.83. The maximum atomic E-state index is 11.9. The molecular formula is C13H13Cl2NO3. The van der Waals surface area contributed by atoms with Gasteiger partial charge in [0.1, 0.15) is 11.5 Å². The van der Waals surface area contributed by atoms with Crippen LogP contribution in [0.3, 0.4) is 0 Å². The molecule has 2 rings (SSSR count). The summed E-state index contributed by atoms with van der Waals surface area (Å²) in [4.78, 5) is 24.6. The van der Waals surface area contributed by atoms with Gasteiger partial charge in [-0.25, -0.2) is 0 Å². The van der Waals surface area contributed by atoms with E-state index in [0.29, 0.717) is 41.7 Å². The SMILES string of the molecule is O=C1CCN(C(=O)COc2ccc(Cl)cc2Cl)CC1. The Labute approximate surface area is 121 Å². The number of hydrogen-bond acceptors (Lipinski definition) is 3. The van der Waals surface area contributed by atoms with Gasteiger partial charge in [-0.2, -0.15) is 0 Å². The number of amides is 1. The lowest BCUT2D eigenvalue weighted by Crippen LogP contribution is -2.41. The van der Waals surface area contributed by atoms with Crippen molar-refractivity contribution in [1.82, 2.24) is 4.90 Å². The van der Waals surface area contributed by atoms with Crippen molar-refractivity contribution in [3.8, 4) is 5.75 Å². The molecule has 1 aromatic rings. The normalized spacial score (nSPS) is 15.5. The molecule has 1 amide bonds. The van der Waals surface area contributed by atoms with Gasteiger partial charge in [0.25, 0.3) is 5.91 Å². The van der Waals surface area contributed by atoms with E-state index in [4.69, 9.17) is 27.9 Å². The van der Waals surface area contributed by atoms with Gasteiger partial charge in [0.05, 0.1) is 5.02 Å². The summed E-state index contributed by atoms with van der Waals surface area (Å²) in [5, 5.41) is 0.882. The van der Waals surface area contributed by atoms with Gasteiger partial charge in [-0.15, -0.1) is 0 Å². The first-order chi connectivity index (χ1) is 9.06. The Kier molecular flexibility index (Phi) is 4.66. The number of likely N-dealkylation sites (tertiary alicyclic amines) is 1. The zero-order valence-electron chi connectivity index (χ0n) is 10.2. The molecule has 19 heavy (non-hydrogen) atoms. The molecule has 0 bridgehead atoms. The van der Waals surface area contributed by atoms with Crippen molar-refractivity contribution >= 4 is 34.9 Å². The molecule has 102 valence electrons. The Morgan fingerprint density at radius 3 is 2.58 bits per heavy atom. The Bertz CT molecular complexity index is 495. The molecule has 1 saturated heterocycles. The molecule has 1 fully saturated rings. The molecule has 4 nitrogen and oxygen atoms in total. The number of halogens is 2. The molecule has 1 aliphatic heterocycles. The zero-order chi connectivity index (χ0) is 13.8. The first-order valence-electron chi connectivity index (χ1n) is 5.93. The minimum absolute atomic E-state index is 0.0878. The van der Waals surface area contributed by atoms with Crippen molar-refractivity contribution in [2.75, 3.05) is 19.7 Å². The van der Waals surface area contributed by atoms with Crippen molar-refractivity contribution in [2.45, 2.75) is 12.8 Å². The summed E-state index contributed by atoms with van der Waals surface area (Å²) in [6.07, 6.45) is 0.848. The van der Waals surface area contributed by atoms with E-state index in [1.807, 2.05) is 0 Å². The zero-order valence-corrected chi connectivity index (χ0v) is 11.7. The fourth-order valence-electron chi connectivity index (χ4n) is 1.83. The Morgan fingerprint density at radius 1 is 1.26 bits per heavy atom. The Balaban J connectivity index is 1.88. The number of ketones is 1. The summed E-state index contributed by atoms with van der Waals surface area (Å²) in [7, 11) is 0. The van der Waals surface area contributed by atoms with Crippen LogP contribution in [0.5, 0.6) is 5.75 Å². The van der Waals surface area contributed by atoms with Gasteiger partial charge in [-0.1, -0.05) is 23.2 Å². The van der Waals surface area contributed by atoms with Crippen LogP contribution in [0, 0.1) is 0 Å². The van der Waals surface area contributed by atoms with Crippen molar-refractivity contribution < 1.29 is 14.3 Å². The molecule has 0 N–H and O–H groups in total. The van der Waals surface area contributed by atoms with Gasteiger partial charge in [0, 0.05) is 31.0 Å². The van der Waals surface area contributed by atoms with Crippen LogP contribution in [0.15, 0.2) is 18.2 Å². The Hall–Kier alpha value is -1.26. The standard InChI is InChI=1S/C13H13Cl2NO3/c14-9-1-2-12(11(15)7-9)19-8-13(18)16-5-3-10(17)4-6-16/h1-2,7H,3-6,8H2. The lowest BCUT2D eigenvalue weighted by atomic mass is 10.1. The highest BCUT2D eigenvalue weighted by molar-refractivity contribution is 6.35. The van der Waals surface area contributed by atoms with Gasteiger partial charge in [-0.05, 0) is 18.2 Å². The largest absolute Gasteiger partial charge is 0.482 e. The number of carbonyl (C=O) groups is 2. The molecule has 0 aromatic heterocycles. The monoisotopic (exact) mass is 301 g/mol. The van der Waals surface area contributed by atoms with Crippen molar-refractivity contribution in [3.63, 3.8) is 0 Å². The fourth-order valence-corrected chi connectivity index (χ4v) is 2.29. The molecule has 1 heterocycles. The van der Waals surface area contributed by atoms with E-state index in [1.54, 1.807) is 23.1 Å². The van der Waals surface area contributed by atoms with Crippen LogP contribution in [-0.2, 0) is 9.59 Å². The summed E-state index contributed by atoms with van der Waals surface area (Å²) >= 11 is 11.7. The molecule has 0 unspecified atom stereocenters. The van der Waals surface area contributed by atoms with E-state index in [1.165, 1.54) is 0 Å². The van der Waals surface area contributed by atoms with E-state index in [9.17, 15) is 9.59 Å². The molecule has 0 atom stereocenters. The second kappa shape index (κ2) is 6.26. The van der Waals surface area contributed by atoms with Crippen molar-refractivity contribution in [2.24, 2.45) is 0 Å². The van der Waals surface area contributed by atoms with Gasteiger partial charge < -0.3 is 9.64 Å². The second-order valence-corrected chi connectivity index (χ2v) is 5.13. The number of rotatable bonds is 3. The third kappa shape index (κ3) is 3.85. The second-order valence-electron chi connectivity index (χ2n) is 4.28. The number of carbonyl (C=O) groups excluding carboxylic acids is 2. The van der Waals surface area contributed by atoms with Crippen LogP contribution in [0.25, 0.3) is 0 Å². The number of hydrogen-bond donors (Lipinski definition) is 0. The average molecular weight is 302 g/mol. The molecule has 6 heteroatoms. The third-order valence-electron chi connectivity index (χ3n) is 2.92. The lowest BCUT2D eigenvalue weighted by molar-refractivity contribution is -0.136. The fraction of sp³-hybridized carbons (Fsp3) is 0.385. The van der Waals surface area contributed by atoms with Gasteiger partial charge >= 0.3 is 0 Å². The molecular weight excluding hydrogens is 289 g/mol. The highest BCUT2D eigenvalue weighted by Crippen LogP contribution is 2.27. The van der Waals surface area contributed by atoms with E-state index < -0.39 is 0 Å². The summed E-state index contributed by atoms with van der Waals surface area (Å²) < 4.78 is 5.37. The maximum Gasteiger partial charge on any atom is 0.260 e. The van der Waals surface area contributed by atoms with Gasteiger partial charge in [0.2, 0.25) is 0 Å². The predicted molar refractivity (Wildman–Crippen MR) is 72.8 cm³/mol. The van der Waals surface area contributed by atoms with Crippen LogP contribution in [0.4, 0.5) is 0 Å². The molecule has 0 saturated carbocycles. The van der Waals surface area contributed by atoms with E-state index >= 15 is 0 Å². The summed E-state index contributed by atoms with van der Waals surface area (Å²) in [5.41, 5.74) is 0. The van der Waals surface area contributed by atoms with E-state index in [2.05, 4.69) is 0 Å². The highest BCUT2D eigenvalue weighted by atomic mass is 35.5. The molecule has 1 aliphatic rings. The minimum atomic E-state index is -0.140. The predicted octanol–water partition coefficient (Wildman–Crippen LogP) is 2.56. The average Bonchev–Trinajstić information content (AvgIpc) is 2.38. The Morgan fingerprint density at radius 2 is 1.95 bits per heavy atom. The van der Waals surface area contributed by atoms with Crippen LogP contribution >= 0.6 is 23.2 Å². The number of benzene rings is 1. The quantitative estimate of drug-likeness (QED) is 0.862. The number of nitrogens with zero attached hydrogens (tertiary/aromatic N) is 1. The topological polar surface area (TPSA) is 46.6 Å².